The van der Waals surface area contributed by atoms with Crippen LogP contribution in [-0.4, -0.2) is 35.9 Å². The molecule has 0 N–H and O–H groups in total. The number of amides is 1. The van der Waals surface area contributed by atoms with Crippen molar-refractivity contribution in [2.45, 2.75) is 40.3 Å². The molecule has 4 rings (SSSR count). The molecular formula is C29H33N3O4. The van der Waals surface area contributed by atoms with Crippen LogP contribution in [0.4, 0.5) is 5.69 Å². The van der Waals surface area contributed by atoms with E-state index in [9.17, 15) is 4.79 Å². The summed E-state index contributed by atoms with van der Waals surface area (Å²) in [6.07, 6.45) is 0.820. The predicted octanol–water partition coefficient (Wildman–Crippen LogP) is 5.52. The summed E-state index contributed by atoms with van der Waals surface area (Å²) < 4.78 is 19.0. The number of benzene rings is 3. The summed E-state index contributed by atoms with van der Waals surface area (Å²) in [6, 6.07) is 21.4. The van der Waals surface area contributed by atoms with Gasteiger partial charge in [0.05, 0.1) is 23.8 Å². The van der Waals surface area contributed by atoms with Crippen molar-refractivity contribution >= 4 is 22.6 Å². The van der Waals surface area contributed by atoms with E-state index in [1.807, 2.05) is 79.1 Å². The van der Waals surface area contributed by atoms with Gasteiger partial charge in [-0.15, -0.1) is 0 Å². The van der Waals surface area contributed by atoms with Crippen LogP contribution < -0.4 is 14.4 Å². The molecule has 1 aromatic heterocycles. The van der Waals surface area contributed by atoms with Gasteiger partial charge in [0.2, 0.25) is 5.91 Å². The molecule has 0 saturated carbocycles. The molecule has 36 heavy (non-hydrogen) atoms. The number of nitrogens with zero attached hydrogens (tertiary/aromatic N) is 3. The number of methoxy groups -OCH3 is 1. The Morgan fingerprint density at radius 3 is 2.56 bits per heavy atom. The van der Waals surface area contributed by atoms with E-state index < -0.39 is 0 Å². The van der Waals surface area contributed by atoms with E-state index in [0.29, 0.717) is 23.9 Å². The third-order valence-electron chi connectivity index (χ3n) is 6.13. The molecule has 0 radical (unpaired) electrons. The molecule has 0 aliphatic carbocycles. The highest BCUT2D eigenvalue weighted by Gasteiger charge is 2.23. The summed E-state index contributed by atoms with van der Waals surface area (Å²) in [7, 11) is 1.62. The minimum absolute atomic E-state index is 0.0711. The predicted molar refractivity (Wildman–Crippen MR) is 142 cm³/mol. The number of hydrogen-bond donors (Lipinski definition) is 0. The molecule has 0 bridgehead atoms. The maximum absolute atomic E-state index is 13.8. The van der Waals surface area contributed by atoms with Gasteiger partial charge in [0.1, 0.15) is 37.2 Å². The Hall–Kier alpha value is -3.84. The maximum Gasteiger partial charge on any atom is 0.248 e. The molecule has 0 spiro atoms. The van der Waals surface area contributed by atoms with E-state index in [0.717, 1.165) is 34.3 Å². The monoisotopic (exact) mass is 487 g/mol. The van der Waals surface area contributed by atoms with Crippen molar-refractivity contribution < 1.29 is 19.0 Å². The fourth-order valence-corrected chi connectivity index (χ4v) is 4.31. The van der Waals surface area contributed by atoms with E-state index in [1.54, 1.807) is 12.0 Å². The number of para-hydroxylation sites is 3. The van der Waals surface area contributed by atoms with E-state index >= 15 is 0 Å². The van der Waals surface area contributed by atoms with E-state index in [2.05, 4.69) is 13.0 Å². The molecule has 0 atom stereocenters. The number of aryl methyl sites for hydroxylation is 2. The Morgan fingerprint density at radius 1 is 1.00 bits per heavy atom. The molecule has 0 saturated heterocycles. The SMILES string of the molecule is CCOCN(C(=O)Cn1c(COc2cccc(OC)c2)nc2ccccc21)c1c(C)cccc1CC. The summed E-state index contributed by atoms with van der Waals surface area (Å²) in [5.41, 5.74) is 4.76. The van der Waals surface area contributed by atoms with Crippen LogP contribution >= 0.6 is 0 Å². The van der Waals surface area contributed by atoms with Gasteiger partial charge in [0.25, 0.3) is 0 Å². The first kappa shape index (κ1) is 25.3. The van der Waals surface area contributed by atoms with Crippen molar-refractivity contribution in [3.63, 3.8) is 0 Å². The minimum atomic E-state index is -0.0711. The molecule has 4 aromatic rings. The third kappa shape index (κ3) is 5.52. The Bertz CT molecular complexity index is 1330. The molecule has 1 amide bonds. The van der Waals surface area contributed by atoms with Gasteiger partial charge in [-0.05, 0) is 55.7 Å². The highest BCUT2D eigenvalue weighted by Crippen LogP contribution is 2.27. The van der Waals surface area contributed by atoms with E-state index in [4.69, 9.17) is 19.2 Å². The number of carbonyl (C=O) groups excluding carboxylic acids is 1. The standard InChI is InChI=1S/C29H33N3O4/c1-5-22-12-9-11-21(3)29(22)32(20-35-6-2)28(33)18-31-26-16-8-7-15-25(26)30-27(31)19-36-24-14-10-13-23(17-24)34-4/h7-17H,5-6,18-20H2,1-4H3. The molecule has 0 aliphatic heterocycles. The van der Waals surface area contributed by atoms with Crippen LogP contribution in [0.15, 0.2) is 66.7 Å². The van der Waals surface area contributed by atoms with Gasteiger partial charge in [-0.25, -0.2) is 4.98 Å². The summed E-state index contributed by atoms with van der Waals surface area (Å²) in [4.78, 5) is 20.4. The Kier molecular flexibility index (Phi) is 8.23. The third-order valence-corrected chi connectivity index (χ3v) is 6.13. The van der Waals surface area contributed by atoms with E-state index in [1.165, 1.54) is 0 Å². The number of imidazole rings is 1. The zero-order chi connectivity index (χ0) is 25.5. The number of hydrogen-bond acceptors (Lipinski definition) is 5. The average Bonchev–Trinajstić information content (AvgIpc) is 3.25. The second kappa shape index (κ2) is 11.7. The topological polar surface area (TPSA) is 65.8 Å². The van der Waals surface area contributed by atoms with Crippen LogP contribution in [0.25, 0.3) is 11.0 Å². The van der Waals surface area contributed by atoms with E-state index in [-0.39, 0.29) is 25.8 Å². The molecule has 7 heteroatoms. The van der Waals surface area contributed by atoms with Crippen LogP contribution in [0.3, 0.4) is 0 Å². The Morgan fingerprint density at radius 2 is 1.78 bits per heavy atom. The summed E-state index contributed by atoms with van der Waals surface area (Å²) in [5, 5.41) is 0. The number of aromatic nitrogens is 2. The quantitative estimate of drug-likeness (QED) is 0.261. The van der Waals surface area contributed by atoms with Crippen molar-refractivity contribution in [3.05, 3.63) is 83.7 Å². The molecular weight excluding hydrogens is 454 g/mol. The number of carbonyl (C=O) groups is 1. The second-order valence-corrected chi connectivity index (χ2v) is 8.45. The maximum atomic E-state index is 13.8. The van der Waals surface area contributed by atoms with Crippen LogP contribution in [0.1, 0.15) is 30.8 Å². The van der Waals surface area contributed by atoms with Crippen LogP contribution in [0.2, 0.25) is 0 Å². The first-order chi connectivity index (χ1) is 17.5. The average molecular weight is 488 g/mol. The summed E-state index contributed by atoms with van der Waals surface area (Å²) in [5.74, 6) is 1.99. The molecule has 1 heterocycles. The van der Waals surface area contributed by atoms with Crippen molar-refractivity contribution in [2.75, 3.05) is 25.3 Å². The van der Waals surface area contributed by atoms with Gasteiger partial charge in [-0.2, -0.15) is 0 Å². The van der Waals surface area contributed by atoms with Gasteiger partial charge in [-0.1, -0.05) is 43.3 Å². The van der Waals surface area contributed by atoms with Crippen molar-refractivity contribution in [1.29, 1.82) is 0 Å². The molecule has 3 aromatic carbocycles. The number of anilines is 1. The van der Waals surface area contributed by atoms with Crippen molar-refractivity contribution in [2.24, 2.45) is 0 Å². The fraction of sp³-hybridized carbons (Fsp3) is 0.310. The van der Waals surface area contributed by atoms with Crippen LogP contribution in [0.5, 0.6) is 11.5 Å². The normalized spacial score (nSPS) is 11.0. The first-order valence-electron chi connectivity index (χ1n) is 12.2. The molecule has 188 valence electrons. The highest BCUT2D eigenvalue weighted by molar-refractivity contribution is 5.95. The van der Waals surface area contributed by atoms with Gasteiger partial charge >= 0.3 is 0 Å². The molecule has 0 fully saturated rings. The zero-order valence-corrected chi connectivity index (χ0v) is 21.4. The highest BCUT2D eigenvalue weighted by atomic mass is 16.5. The first-order valence-corrected chi connectivity index (χ1v) is 12.2. The minimum Gasteiger partial charge on any atom is -0.497 e. The summed E-state index contributed by atoms with van der Waals surface area (Å²) in [6.45, 7) is 7.09. The molecule has 0 aliphatic rings. The van der Waals surface area contributed by atoms with Crippen LogP contribution in [-0.2, 0) is 29.1 Å². The number of ether oxygens (including phenoxy) is 3. The number of fused-ring (bicyclic) bond motifs is 1. The lowest BCUT2D eigenvalue weighted by molar-refractivity contribution is -0.120. The van der Waals surface area contributed by atoms with Crippen LogP contribution in [0, 0.1) is 6.92 Å². The van der Waals surface area contributed by atoms with Gasteiger partial charge in [0.15, 0.2) is 0 Å². The fourth-order valence-electron chi connectivity index (χ4n) is 4.31. The molecule has 0 unspecified atom stereocenters. The summed E-state index contributed by atoms with van der Waals surface area (Å²) >= 11 is 0. The van der Waals surface area contributed by atoms with Gasteiger partial charge in [0, 0.05) is 12.7 Å². The Labute approximate surface area is 212 Å². The molecule has 7 nitrogen and oxygen atoms in total. The lowest BCUT2D eigenvalue weighted by Crippen LogP contribution is -2.37. The lowest BCUT2D eigenvalue weighted by atomic mass is 10.0. The second-order valence-electron chi connectivity index (χ2n) is 8.45. The number of rotatable bonds is 11. The lowest BCUT2D eigenvalue weighted by Gasteiger charge is -2.27. The Balaban J connectivity index is 1.66. The van der Waals surface area contributed by atoms with Crippen molar-refractivity contribution in [1.82, 2.24) is 9.55 Å². The van der Waals surface area contributed by atoms with Gasteiger partial charge < -0.3 is 18.8 Å². The zero-order valence-electron chi connectivity index (χ0n) is 21.4. The smallest absolute Gasteiger partial charge is 0.248 e. The largest absolute Gasteiger partial charge is 0.497 e. The van der Waals surface area contributed by atoms with Crippen molar-refractivity contribution in [3.8, 4) is 11.5 Å². The van der Waals surface area contributed by atoms with Gasteiger partial charge in [-0.3, -0.25) is 9.69 Å².